The molecule has 4 rings (SSSR count). The van der Waals surface area contributed by atoms with Crippen molar-refractivity contribution in [2.45, 2.75) is 24.1 Å². The van der Waals surface area contributed by atoms with Crippen LogP contribution in [0.2, 0.25) is 0 Å². The van der Waals surface area contributed by atoms with Crippen LogP contribution in [-0.4, -0.2) is 54.7 Å². The standard InChI is InChI=1S/C24H27N3O4S/c1-29-19-9-5-17(6-10-19)22-15-27(18-7-11-20(30-2)12-8-18)24(26-22)32-16-23(28)25-14-21-4-3-13-31-21/h5-12,15,21H,3-4,13-14,16H2,1-2H3,(H,25,28)/t21-/m1/s1. The Morgan fingerprint density at radius 3 is 2.44 bits per heavy atom. The molecule has 0 saturated carbocycles. The summed E-state index contributed by atoms with van der Waals surface area (Å²) in [5.74, 6) is 1.83. The zero-order valence-corrected chi connectivity index (χ0v) is 19.1. The predicted molar refractivity (Wildman–Crippen MR) is 125 cm³/mol. The van der Waals surface area contributed by atoms with Gasteiger partial charge in [-0.05, 0) is 61.4 Å². The number of carbonyl (C=O) groups excluding carboxylic acids is 1. The molecule has 0 bridgehead atoms. The van der Waals surface area contributed by atoms with Crippen LogP contribution < -0.4 is 14.8 Å². The summed E-state index contributed by atoms with van der Waals surface area (Å²) < 4.78 is 18.1. The minimum atomic E-state index is -0.0271. The van der Waals surface area contributed by atoms with E-state index in [1.807, 2.05) is 59.3 Å². The van der Waals surface area contributed by atoms with E-state index in [1.165, 1.54) is 11.8 Å². The second kappa shape index (κ2) is 10.6. The number of aromatic nitrogens is 2. The number of imidazole rings is 1. The number of nitrogens with zero attached hydrogens (tertiary/aromatic N) is 2. The number of thioether (sulfide) groups is 1. The number of nitrogens with one attached hydrogen (secondary N) is 1. The summed E-state index contributed by atoms with van der Waals surface area (Å²) in [6.07, 6.45) is 4.17. The van der Waals surface area contributed by atoms with E-state index in [0.717, 1.165) is 53.0 Å². The zero-order chi connectivity index (χ0) is 22.3. The Bertz CT molecular complexity index is 1030. The van der Waals surface area contributed by atoms with E-state index in [1.54, 1.807) is 14.2 Å². The lowest BCUT2D eigenvalue weighted by atomic mass is 10.1. The van der Waals surface area contributed by atoms with E-state index in [2.05, 4.69) is 5.32 Å². The van der Waals surface area contributed by atoms with Gasteiger partial charge in [0.15, 0.2) is 5.16 Å². The molecule has 1 aliphatic heterocycles. The lowest BCUT2D eigenvalue weighted by Crippen LogP contribution is -2.32. The number of hydrogen-bond donors (Lipinski definition) is 1. The van der Waals surface area contributed by atoms with Gasteiger partial charge < -0.3 is 19.5 Å². The highest BCUT2D eigenvalue weighted by Crippen LogP contribution is 2.29. The molecule has 1 atom stereocenters. The molecule has 0 radical (unpaired) electrons. The maximum absolute atomic E-state index is 12.4. The van der Waals surface area contributed by atoms with Gasteiger partial charge in [-0.25, -0.2) is 4.98 Å². The number of carbonyl (C=O) groups is 1. The third-order valence-corrected chi connectivity index (χ3v) is 6.25. The van der Waals surface area contributed by atoms with Gasteiger partial charge in [-0.1, -0.05) is 11.8 Å². The summed E-state index contributed by atoms with van der Waals surface area (Å²) in [4.78, 5) is 17.2. The topological polar surface area (TPSA) is 74.6 Å². The number of ether oxygens (including phenoxy) is 3. The quantitative estimate of drug-likeness (QED) is 0.495. The molecule has 1 amide bonds. The zero-order valence-electron chi connectivity index (χ0n) is 18.2. The molecule has 1 aromatic heterocycles. The van der Waals surface area contributed by atoms with E-state index in [-0.39, 0.29) is 17.8 Å². The predicted octanol–water partition coefficient (Wildman–Crippen LogP) is 3.94. The molecule has 2 aromatic carbocycles. The fourth-order valence-electron chi connectivity index (χ4n) is 3.51. The molecule has 2 heterocycles. The molecule has 0 unspecified atom stereocenters. The van der Waals surface area contributed by atoms with Gasteiger partial charge in [-0.3, -0.25) is 9.36 Å². The van der Waals surface area contributed by atoms with E-state index >= 15 is 0 Å². The van der Waals surface area contributed by atoms with Crippen LogP contribution in [0.25, 0.3) is 16.9 Å². The minimum Gasteiger partial charge on any atom is -0.497 e. The fraction of sp³-hybridized carbons (Fsp3) is 0.333. The number of hydrogen-bond acceptors (Lipinski definition) is 6. The van der Waals surface area contributed by atoms with Crippen LogP contribution in [0.3, 0.4) is 0 Å². The summed E-state index contributed by atoms with van der Waals surface area (Å²) in [6, 6.07) is 15.5. The fourth-order valence-corrected chi connectivity index (χ4v) is 4.33. The third kappa shape index (κ3) is 5.44. The molecule has 168 valence electrons. The monoisotopic (exact) mass is 453 g/mol. The molecule has 1 saturated heterocycles. The molecule has 3 aromatic rings. The van der Waals surface area contributed by atoms with Gasteiger partial charge >= 0.3 is 0 Å². The Morgan fingerprint density at radius 1 is 1.12 bits per heavy atom. The largest absolute Gasteiger partial charge is 0.497 e. The van der Waals surface area contributed by atoms with Crippen molar-refractivity contribution in [2.24, 2.45) is 0 Å². The lowest BCUT2D eigenvalue weighted by molar-refractivity contribution is -0.119. The maximum Gasteiger partial charge on any atom is 0.230 e. The number of benzene rings is 2. The van der Waals surface area contributed by atoms with Crippen LogP contribution in [0.4, 0.5) is 0 Å². The lowest BCUT2D eigenvalue weighted by Gasteiger charge is -2.11. The summed E-state index contributed by atoms with van der Waals surface area (Å²) in [7, 11) is 3.29. The van der Waals surface area contributed by atoms with Gasteiger partial charge in [-0.15, -0.1) is 0 Å². The third-order valence-electron chi connectivity index (χ3n) is 5.29. The Labute approximate surface area is 192 Å². The Hall–Kier alpha value is -2.97. The molecular formula is C24H27N3O4S. The van der Waals surface area contributed by atoms with Crippen molar-refractivity contribution in [3.05, 3.63) is 54.7 Å². The van der Waals surface area contributed by atoms with Crippen molar-refractivity contribution in [1.29, 1.82) is 0 Å². The molecule has 32 heavy (non-hydrogen) atoms. The average Bonchev–Trinajstić information content (AvgIpc) is 3.52. The second-order valence-corrected chi connectivity index (χ2v) is 8.38. The number of rotatable bonds is 9. The number of amides is 1. The summed E-state index contributed by atoms with van der Waals surface area (Å²) in [5.41, 5.74) is 2.74. The normalized spacial score (nSPS) is 15.5. The van der Waals surface area contributed by atoms with Crippen LogP contribution in [0, 0.1) is 0 Å². The van der Waals surface area contributed by atoms with Crippen molar-refractivity contribution in [1.82, 2.24) is 14.9 Å². The van der Waals surface area contributed by atoms with Crippen LogP contribution in [0.15, 0.2) is 59.9 Å². The van der Waals surface area contributed by atoms with Crippen LogP contribution in [0.5, 0.6) is 11.5 Å². The average molecular weight is 454 g/mol. The van der Waals surface area contributed by atoms with Gasteiger partial charge in [0, 0.05) is 30.6 Å². The first-order valence-corrected chi connectivity index (χ1v) is 11.5. The smallest absolute Gasteiger partial charge is 0.230 e. The van der Waals surface area contributed by atoms with Crippen LogP contribution in [0.1, 0.15) is 12.8 Å². The molecule has 0 spiro atoms. The van der Waals surface area contributed by atoms with Crippen molar-refractivity contribution < 1.29 is 19.0 Å². The molecule has 1 N–H and O–H groups in total. The van der Waals surface area contributed by atoms with E-state index in [0.29, 0.717) is 6.54 Å². The Kier molecular flexibility index (Phi) is 7.34. The van der Waals surface area contributed by atoms with Gasteiger partial charge in [0.05, 0.1) is 31.8 Å². The van der Waals surface area contributed by atoms with Gasteiger partial charge in [-0.2, -0.15) is 0 Å². The highest BCUT2D eigenvalue weighted by molar-refractivity contribution is 7.99. The van der Waals surface area contributed by atoms with Crippen LogP contribution >= 0.6 is 11.8 Å². The summed E-state index contributed by atoms with van der Waals surface area (Å²) in [6.45, 7) is 1.34. The SMILES string of the molecule is COc1ccc(-c2cn(-c3ccc(OC)cc3)c(SCC(=O)NC[C@H]3CCCO3)n2)cc1. The van der Waals surface area contributed by atoms with E-state index in [9.17, 15) is 4.79 Å². The summed E-state index contributed by atoms with van der Waals surface area (Å²) >= 11 is 1.41. The molecule has 8 heteroatoms. The minimum absolute atomic E-state index is 0.0271. The van der Waals surface area contributed by atoms with Gasteiger partial charge in [0.25, 0.3) is 0 Å². The van der Waals surface area contributed by atoms with Crippen molar-refractivity contribution in [3.63, 3.8) is 0 Å². The second-order valence-electron chi connectivity index (χ2n) is 7.43. The molecule has 1 aliphatic rings. The van der Waals surface area contributed by atoms with Crippen molar-refractivity contribution in [3.8, 4) is 28.4 Å². The van der Waals surface area contributed by atoms with Crippen LogP contribution in [-0.2, 0) is 9.53 Å². The van der Waals surface area contributed by atoms with Gasteiger partial charge in [0.2, 0.25) is 5.91 Å². The first kappa shape index (κ1) is 22.2. The summed E-state index contributed by atoms with van der Waals surface area (Å²) in [5, 5.41) is 3.71. The Morgan fingerprint density at radius 2 is 1.81 bits per heavy atom. The van der Waals surface area contributed by atoms with E-state index < -0.39 is 0 Å². The highest BCUT2D eigenvalue weighted by Gasteiger charge is 2.17. The van der Waals surface area contributed by atoms with Crippen molar-refractivity contribution >= 4 is 17.7 Å². The first-order chi connectivity index (χ1) is 15.7. The molecule has 1 fully saturated rings. The Balaban J connectivity index is 1.52. The molecular weight excluding hydrogens is 426 g/mol. The van der Waals surface area contributed by atoms with Crippen molar-refractivity contribution in [2.75, 3.05) is 33.1 Å². The highest BCUT2D eigenvalue weighted by atomic mass is 32.2. The molecule has 0 aliphatic carbocycles. The van der Waals surface area contributed by atoms with E-state index in [4.69, 9.17) is 19.2 Å². The first-order valence-electron chi connectivity index (χ1n) is 10.6. The maximum atomic E-state index is 12.4. The number of methoxy groups -OCH3 is 2. The van der Waals surface area contributed by atoms with Gasteiger partial charge in [0.1, 0.15) is 11.5 Å². The molecule has 7 nitrogen and oxygen atoms in total.